The van der Waals surface area contributed by atoms with Crippen molar-refractivity contribution in [1.29, 1.82) is 0 Å². The number of carbonyl (C=O) groups is 1. The van der Waals surface area contributed by atoms with Gasteiger partial charge in [0.15, 0.2) is 5.16 Å². The first-order valence-corrected chi connectivity index (χ1v) is 11.1. The summed E-state index contributed by atoms with van der Waals surface area (Å²) in [4.78, 5) is 16.9. The summed E-state index contributed by atoms with van der Waals surface area (Å²) < 4.78 is 21.7. The van der Waals surface area contributed by atoms with Gasteiger partial charge in [-0.05, 0) is 48.7 Å². The molecule has 0 aliphatic heterocycles. The Morgan fingerprint density at radius 3 is 2.68 bits per heavy atom. The van der Waals surface area contributed by atoms with Crippen LogP contribution in [0.3, 0.4) is 0 Å². The summed E-state index contributed by atoms with van der Waals surface area (Å²) in [6.07, 6.45) is 0. The molecule has 0 radical (unpaired) electrons. The number of nitrogens with zero attached hydrogens (tertiary/aromatic N) is 2. The van der Waals surface area contributed by atoms with E-state index in [1.807, 2.05) is 30.3 Å². The summed E-state index contributed by atoms with van der Waals surface area (Å²) in [6.45, 7) is 4.51. The third kappa shape index (κ3) is 4.64. The lowest BCUT2D eigenvalue weighted by molar-refractivity contribution is 0.0526. The second-order valence-electron chi connectivity index (χ2n) is 7.23. The van der Waals surface area contributed by atoms with Crippen LogP contribution in [0.4, 0.5) is 4.39 Å². The number of benzene rings is 3. The van der Waals surface area contributed by atoms with Crippen molar-refractivity contribution in [3.05, 3.63) is 94.8 Å². The zero-order valence-electron chi connectivity index (χ0n) is 17.5. The smallest absolute Gasteiger partial charge is 0.338 e. The van der Waals surface area contributed by atoms with Gasteiger partial charge in [-0.1, -0.05) is 60.3 Å². The average Bonchev–Trinajstić information content (AvgIpc) is 3.12. The molecule has 4 nitrogen and oxygen atoms in total. The Morgan fingerprint density at radius 2 is 1.90 bits per heavy atom. The summed E-state index contributed by atoms with van der Waals surface area (Å²) in [5.41, 5.74) is 4.53. The molecule has 4 rings (SSSR count). The fourth-order valence-corrected chi connectivity index (χ4v) is 4.43. The summed E-state index contributed by atoms with van der Waals surface area (Å²) in [5, 5.41) is 0.778. The molecule has 0 saturated carbocycles. The molecule has 6 heteroatoms. The quantitative estimate of drug-likeness (QED) is 0.264. The highest BCUT2D eigenvalue weighted by atomic mass is 32.2. The Labute approximate surface area is 185 Å². The van der Waals surface area contributed by atoms with E-state index in [1.165, 1.54) is 11.8 Å². The van der Waals surface area contributed by atoms with Crippen molar-refractivity contribution in [3.63, 3.8) is 0 Å². The van der Waals surface area contributed by atoms with Crippen LogP contribution in [-0.4, -0.2) is 22.1 Å². The van der Waals surface area contributed by atoms with Crippen LogP contribution in [0.25, 0.3) is 11.0 Å². The van der Waals surface area contributed by atoms with Crippen LogP contribution in [0.2, 0.25) is 0 Å². The minimum absolute atomic E-state index is 0.176. The number of carbonyl (C=O) groups excluding carboxylic acids is 1. The largest absolute Gasteiger partial charge is 0.462 e. The lowest BCUT2D eigenvalue weighted by Crippen LogP contribution is -2.05. The van der Waals surface area contributed by atoms with Crippen molar-refractivity contribution in [3.8, 4) is 0 Å². The molecule has 0 saturated heterocycles. The third-order valence-corrected chi connectivity index (χ3v) is 6.06. The Balaban J connectivity index is 1.71. The molecule has 1 aromatic heterocycles. The maximum atomic E-state index is 14.5. The number of hydrogen-bond acceptors (Lipinski definition) is 4. The van der Waals surface area contributed by atoms with Crippen molar-refractivity contribution in [2.24, 2.45) is 0 Å². The first kappa shape index (κ1) is 21.1. The number of imidazole rings is 1. The lowest BCUT2D eigenvalue weighted by atomic mass is 10.1. The lowest BCUT2D eigenvalue weighted by Gasteiger charge is -2.10. The van der Waals surface area contributed by atoms with Gasteiger partial charge in [-0.15, -0.1) is 0 Å². The number of ether oxygens (including phenoxy) is 1. The number of thioether (sulfide) groups is 1. The molecule has 158 valence electrons. The van der Waals surface area contributed by atoms with E-state index in [-0.39, 0.29) is 11.8 Å². The number of halogens is 1. The van der Waals surface area contributed by atoms with Crippen LogP contribution in [0.15, 0.2) is 71.9 Å². The highest BCUT2D eigenvalue weighted by Gasteiger charge is 2.16. The fourth-order valence-electron chi connectivity index (χ4n) is 3.44. The van der Waals surface area contributed by atoms with Gasteiger partial charge in [-0.25, -0.2) is 14.2 Å². The third-order valence-electron chi connectivity index (χ3n) is 5.04. The molecular formula is C25H23FN2O2S. The number of rotatable bonds is 7. The van der Waals surface area contributed by atoms with E-state index in [0.717, 1.165) is 16.2 Å². The van der Waals surface area contributed by atoms with Crippen LogP contribution in [0.5, 0.6) is 0 Å². The first-order chi connectivity index (χ1) is 15.1. The van der Waals surface area contributed by atoms with E-state index in [4.69, 9.17) is 9.72 Å². The van der Waals surface area contributed by atoms with Crippen LogP contribution in [-0.2, 0) is 17.0 Å². The highest BCUT2D eigenvalue weighted by molar-refractivity contribution is 7.98. The van der Waals surface area contributed by atoms with E-state index in [2.05, 4.69) is 16.7 Å². The van der Waals surface area contributed by atoms with Gasteiger partial charge in [0, 0.05) is 5.75 Å². The van der Waals surface area contributed by atoms with E-state index in [1.54, 1.807) is 38.1 Å². The van der Waals surface area contributed by atoms with Crippen molar-refractivity contribution >= 4 is 28.8 Å². The van der Waals surface area contributed by atoms with Crippen LogP contribution in [0.1, 0.15) is 34.0 Å². The van der Waals surface area contributed by atoms with Crippen LogP contribution in [0, 0.1) is 12.7 Å². The fraction of sp³-hybridized carbons (Fsp3) is 0.200. The summed E-state index contributed by atoms with van der Waals surface area (Å²) in [7, 11) is 0. The van der Waals surface area contributed by atoms with Gasteiger partial charge >= 0.3 is 5.97 Å². The molecule has 0 atom stereocenters. The van der Waals surface area contributed by atoms with E-state index >= 15 is 0 Å². The van der Waals surface area contributed by atoms with Crippen LogP contribution < -0.4 is 0 Å². The normalized spacial score (nSPS) is 11.1. The van der Waals surface area contributed by atoms with Gasteiger partial charge in [0.2, 0.25) is 0 Å². The topological polar surface area (TPSA) is 44.1 Å². The Kier molecular flexibility index (Phi) is 6.37. The Hall–Kier alpha value is -3.12. The van der Waals surface area contributed by atoms with E-state index < -0.39 is 0 Å². The molecular weight excluding hydrogens is 411 g/mol. The number of aromatic nitrogens is 2. The van der Waals surface area contributed by atoms with Crippen molar-refractivity contribution in [1.82, 2.24) is 9.55 Å². The SMILES string of the molecule is CCOC(=O)c1ccc2c(c1)nc(SCc1cccc(C)c1F)n2Cc1ccccc1. The van der Waals surface area contributed by atoms with Crippen LogP contribution >= 0.6 is 11.8 Å². The zero-order chi connectivity index (χ0) is 21.8. The van der Waals surface area contributed by atoms with Gasteiger partial charge in [0.1, 0.15) is 5.82 Å². The number of hydrogen-bond donors (Lipinski definition) is 0. The second-order valence-corrected chi connectivity index (χ2v) is 8.17. The van der Waals surface area contributed by atoms with E-state index in [0.29, 0.717) is 41.1 Å². The number of aryl methyl sites for hydroxylation is 1. The van der Waals surface area contributed by atoms with Gasteiger partial charge in [0.25, 0.3) is 0 Å². The van der Waals surface area contributed by atoms with Gasteiger partial charge in [-0.3, -0.25) is 0 Å². The molecule has 0 unspecified atom stereocenters. The summed E-state index contributed by atoms with van der Waals surface area (Å²) in [6, 6.07) is 21.0. The monoisotopic (exact) mass is 434 g/mol. The van der Waals surface area contributed by atoms with Crippen molar-refractivity contribution in [2.75, 3.05) is 6.61 Å². The summed E-state index contributed by atoms with van der Waals surface area (Å²) >= 11 is 1.49. The van der Waals surface area contributed by atoms with Gasteiger partial charge in [0.05, 0.1) is 29.7 Å². The van der Waals surface area contributed by atoms with Gasteiger partial charge < -0.3 is 9.30 Å². The molecule has 0 N–H and O–H groups in total. The van der Waals surface area contributed by atoms with Crippen molar-refractivity contribution < 1.29 is 13.9 Å². The van der Waals surface area contributed by atoms with Gasteiger partial charge in [-0.2, -0.15) is 0 Å². The molecule has 1 heterocycles. The first-order valence-electron chi connectivity index (χ1n) is 10.1. The molecule has 3 aromatic carbocycles. The molecule has 0 bridgehead atoms. The standard InChI is InChI=1S/C25H23FN2O2S/c1-3-30-24(29)19-12-13-22-21(14-19)27-25(28(22)15-18-9-5-4-6-10-18)31-16-20-11-7-8-17(2)23(20)26/h4-14H,3,15-16H2,1-2H3. The minimum Gasteiger partial charge on any atom is -0.462 e. The predicted octanol–water partition coefficient (Wildman–Crippen LogP) is 6.00. The minimum atomic E-state index is -0.363. The number of esters is 1. The number of fused-ring (bicyclic) bond motifs is 1. The molecule has 31 heavy (non-hydrogen) atoms. The zero-order valence-corrected chi connectivity index (χ0v) is 18.3. The Bertz CT molecular complexity index is 1220. The molecule has 0 aliphatic carbocycles. The van der Waals surface area contributed by atoms with Crippen molar-refractivity contribution in [2.45, 2.75) is 31.3 Å². The summed E-state index contributed by atoms with van der Waals surface area (Å²) in [5.74, 6) is -0.0699. The second kappa shape index (κ2) is 9.35. The predicted molar refractivity (Wildman–Crippen MR) is 122 cm³/mol. The average molecular weight is 435 g/mol. The molecule has 0 fully saturated rings. The Morgan fingerprint density at radius 1 is 1.10 bits per heavy atom. The van der Waals surface area contributed by atoms with E-state index in [9.17, 15) is 9.18 Å². The maximum Gasteiger partial charge on any atom is 0.338 e. The maximum absolute atomic E-state index is 14.5. The molecule has 0 amide bonds. The molecule has 0 spiro atoms. The highest BCUT2D eigenvalue weighted by Crippen LogP contribution is 2.29. The molecule has 4 aromatic rings. The molecule has 0 aliphatic rings.